The maximum absolute atomic E-state index is 11.6. The van der Waals surface area contributed by atoms with Crippen molar-refractivity contribution >= 4 is 17.7 Å². The highest BCUT2D eigenvalue weighted by molar-refractivity contribution is 7.99. The fourth-order valence-electron chi connectivity index (χ4n) is 1.89. The lowest BCUT2D eigenvalue weighted by molar-refractivity contribution is -0.124. The predicted octanol–water partition coefficient (Wildman–Crippen LogP) is 1.34. The van der Waals surface area contributed by atoms with Gasteiger partial charge in [0.15, 0.2) is 5.16 Å². The van der Waals surface area contributed by atoms with Gasteiger partial charge in [0, 0.05) is 24.2 Å². The second-order valence-corrected chi connectivity index (χ2v) is 6.16. The van der Waals surface area contributed by atoms with Crippen LogP contribution in [0.2, 0.25) is 0 Å². The number of carbonyl (C=O) groups excluding carboxylic acids is 1. The van der Waals surface area contributed by atoms with Crippen molar-refractivity contribution in [3.8, 4) is 0 Å². The number of hydrogen-bond donors (Lipinski definition) is 2. The van der Waals surface area contributed by atoms with Crippen LogP contribution >= 0.6 is 11.8 Å². The molecule has 1 saturated carbocycles. The van der Waals surface area contributed by atoms with Crippen LogP contribution in [0.15, 0.2) is 23.6 Å². The molecule has 0 radical (unpaired) electrons. The minimum absolute atomic E-state index is 0.264. The lowest BCUT2D eigenvalue weighted by Gasteiger charge is -2.27. The minimum atomic E-state index is -0.584. The standard InChI is InChI=1S/C13H20N4OS/c1-13(11(14)18,17-10-4-5-10)6-2-9-19-12-15-7-3-8-16-12/h3,7-8,10,17H,2,4-6,9H2,1H3,(H2,14,18). The molecule has 1 aromatic heterocycles. The molecule has 1 unspecified atom stereocenters. The smallest absolute Gasteiger partial charge is 0.237 e. The summed E-state index contributed by atoms with van der Waals surface area (Å²) < 4.78 is 0. The molecule has 1 aliphatic carbocycles. The Bertz CT molecular complexity index is 424. The molecule has 0 spiro atoms. The first-order valence-corrected chi connectivity index (χ1v) is 7.56. The van der Waals surface area contributed by atoms with Crippen molar-refractivity contribution < 1.29 is 4.79 Å². The van der Waals surface area contributed by atoms with Crippen LogP contribution in [0.3, 0.4) is 0 Å². The van der Waals surface area contributed by atoms with Crippen molar-refractivity contribution in [2.75, 3.05) is 5.75 Å². The number of hydrogen-bond acceptors (Lipinski definition) is 5. The first kappa shape index (κ1) is 14.3. The van der Waals surface area contributed by atoms with E-state index in [2.05, 4.69) is 15.3 Å². The summed E-state index contributed by atoms with van der Waals surface area (Å²) in [7, 11) is 0. The highest BCUT2D eigenvalue weighted by atomic mass is 32.2. The van der Waals surface area contributed by atoms with Crippen LogP contribution in [0.25, 0.3) is 0 Å². The van der Waals surface area contributed by atoms with E-state index in [4.69, 9.17) is 5.73 Å². The van der Waals surface area contributed by atoms with Gasteiger partial charge in [-0.2, -0.15) is 0 Å². The maximum Gasteiger partial charge on any atom is 0.237 e. The Kier molecular flexibility index (Phi) is 4.76. The third-order valence-electron chi connectivity index (χ3n) is 3.24. The van der Waals surface area contributed by atoms with Crippen molar-refractivity contribution in [3.05, 3.63) is 18.5 Å². The Labute approximate surface area is 117 Å². The first-order valence-electron chi connectivity index (χ1n) is 6.57. The number of rotatable bonds is 8. The summed E-state index contributed by atoms with van der Waals surface area (Å²) in [5, 5.41) is 4.13. The summed E-state index contributed by atoms with van der Waals surface area (Å²) >= 11 is 1.61. The quantitative estimate of drug-likeness (QED) is 0.427. The van der Waals surface area contributed by atoms with Gasteiger partial charge in [-0.3, -0.25) is 4.79 Å². The van der Waals surface area contributed by atoms with Crippen molar-refractivity contribution in [3.63, 3.8) is 0 Å². The van der Waals surface area contributed by atoms with Gasteiger partial charge in [-0.1, -0.05) is 11.8 Å². The fraction of sp³-hybridized carbons (Fsp3) is 0.615. The number of nitrogens with zero attached hydrogens (tertiary/aromatic N) is 2. The Hall–Kier alpha value is -1.14. The van der Waals surface area contributed by atoms with Gasteiger partial charge < -0.3 is 11.1 Å². The molecule has 1 aliphatic rings. The first-order chi connectivity index (χ1) is 9.10. The fourth-order valence-corrected chi connectivity index (χ4v) is 2.64. The molecule has 3 N–H and O–H groups in total. The van der Waals surface area contributed by atoms with E-state index in [-0.39, 0.29) is 5.91 Å². The van der Waals surface area contributed by atoms with Crippen LogP contribution in [0, 0.1) is 0 Å². The summed E-state index contributed by atoms with van der Waals surface area (Å²) in [4.78, 5) is 19.9. The predicted molar refractivity (Wildman–Crippen MR) is 75.7 cm³/mol. The molecule has 1 amide bonds. The minimum Gasteiger partial charge on any atom is -0.368 e. The molecule has 5 nitrogen and oxygen atoms in total. The molecule has 0 aromatic carbocycles. The van der Waals surface area contributed by atoms with Crippen LogP contribution in [0.4, 0.5) is 0 Å². The Balaban J connectivity index is 1.74. The highest BCUT2D eigenvalue weighted by Crippen LogP contribution is 2.25. The molecule has 0 bridgehead atoms. The number of aromatic nitrogens is 2. The van der Waals surface area contributed by atoms with Crippen molar-refractivity contribution in [1.29, 1.82) is 0 Å². The second kappa shape index (κ2) is 6.34. The molecule has 1 fully saturated rings. The van der Waals surface area contributed by atoms with Crippen LogP contribution < -0.4 is 11.1 Å². The lowest BCUT2D eigenvalue weighted by atomic mass is 9.95. The van der Waals surface area contributed by atoms with Gasteiger partial charge in [0.05, 0.1) is 5.54 Å². The zero-order chi connectivity index (χ0) is 13.7. The summed E-state index contributed by atoms with van der Waals surface area (Å²) in [6.07, 6.45) is 7.42. The third kappa shape index (κ3) is 4.47. The Morgan fingerprint density at radius 2 is 2.21 bits per heavy atom. The Morgan fingerprint density at radius 3 is 2.79 bits per heavy atom. The molecule has 104 valence electrons. The van der Waals surface area contributed by atoms with Gasteiger partial charge >= 0.3 is 0 Å². The normalized spacial score (nSPS) is 17.9. The van der Waals surface area contributed by atoms with Gasteiger partial charge in [0.1, 0.15) is 0 Å². The third-order valence-corrected chi connectivity index (χ3v) is 4.20. The molecule has 0 saturated heterocycles. The molecule has 1 aromatic rings. The summed E-state index contributed by atoms with van der Waals surface area (Å²) in [5.74, 6) is 0.625. The number of primary amides is 1. The molecule has 19 heavy (non-hydrogen) atoms. The molecule has 1 atom stereocenters. The number of amides is 1. The summed E-state index contributed by atoms with van der Waals surface area (Å²) in [6.45, 7) is 1.90. The van der Waals surface area contributed by atoms with Gasteiger partial charge in [-0.05, 0) is 38.7 Å². The average molecular weight is 280 g/mol. The molecule has 1 heterocycles. The SMILES string of the molecule is CC(CCCSc1ncccn1)(NC1CC1)C(N)=O. The molecular weight excluding hydrogens is 260 g/mol. The van der Waals surface area contributed by atoms with Gasteiger partial charge in [-0.15, -0.1) is 0 Å². The number of thioether (sulfide) groups is 1. The topological polar surface area (TPSA) is 80.9 Å². The van der Waals surface area contributed by atoms with E-state index in [1.165, 1.54) is 0 Å². The largest absolute Gasteiger partial charge is 0.368 e. The van der Waals surface area contributed by atoms with Crippen molar-refractivity contribution in [2.24, 2.45) is 5.73 Å². The van der Waals surface area contributed by atoms with E-state index in [1.54, 1.807) is 30.2 Å². The van der Waals surface area contributed by atoms with E-state index < -0.39 is 5.54 Å². The van der Waals surface area contributed by atoms with Gasteiger partial charge in [0.25, 0.3) is 0 Å². The van der Waals surface area contributed by atoms with Crippen LogP contribution in [-0.2, 0) is 4.79 Å². The summed E-state index contributed by atoms with van der Waals surface area (Å²) in [6, 6.07) is 2.27. The molecule has 6 heteroatoms. The average Bonchev–Trinajstić information content (AvgIpc) is 3.19. The van der Waals surface area contributed by atoms with Crippen LogP contribution in [0.5, 0.6) is 0 Å². The number of nitrogens with two attached hydrogens (primary N) is 1. The number of carbonyl (C=O) groups is 1. The highest BCUT2D eigenvalue weighted by Gasteiger charge is 2.36. The number of nitrogens with one attached hydrogen (secondary N) is 1. The summed E-state index contributed by atoms with van der Waals surface area (Å²) in [5.41, 5.74) is 4.92. The second-order valence-electron chi connectivity index (χ2n) is 5.10. The lowest BCUT2D eigenvalue weighted by Crippen LogP contribution is -2.54. The van der Waals surface area contributed by atoms with Gasteiger partial charge in [-0.25, -0.2) is 9.97 Å². The van der Waals surface area contributed by atoms with Crippen molar-refractivity contribution in [1.82, 2.24) is 15.3 Å². The van der Waals surface area contributed by atoms with E-state index in [9.17, 15) is 4.79 Å². The zero-order valence-corrected chi connectivity index (χ0v) is 11.9. The van der Waals surface area contributed by atoms with Crippen LogP contribution in [-0.4, -0.2) is 33.2 Å². The molecule has 0 aliphatic heterocycles. The van der Waals surface area contributed by atoms with Gasteiger partial charge in [0.2, 0.25) is 5.91 Å². The van der Waals surface area contributed by atoms with Crippen molar-refractivity contribution in [2.45, 2.75) is 49.3 Å². The van der Waals surface area contributed by atoms with E-state index in [1.807, 2.05) is 6.92 Å². The molecular formula is C13H20N4OS. The zero-order valence-electron chi connectivity index (χ0n) is 11.1. The van der Waals surface area contributed by atoms with Crippen LogP contribution in [0.1, 0.15) is 32.6 Å². The maximum atomic E-state index is 11.6. The van der Waals surface area contributed by atoms with E-state index in [0.29, 0.717) is 6.04 Å². The van der Waals surface area contributed by atoms with E-state index in [0.717, 1.165) is 36.6 Å². The Morgan fingerprint density at radius 1 is 1.53 bits per heavy atom. The monoisotopic (exact) mass is 280 g/mol. The van der Waals surface area contributed by atoms with E-state index >= 15 is 0 Å². The molecule has 2 rings (SSSR count).